The molecule has 0 bridgehead atoms. The molecule has 0 saturated carbocycles. The second-order valence-electron chi connectivity index (χ2n) is 5.96. The van der Waals surface area contributed by atoms with Crippen LogP contribution in [0.1, 0.15) is 18.1 Å². The number of rotatable bonds is 4. The van der Waals surface area contributed by atoms with Crippen LogP contribution in [0.3, 0.4) is 0 Å². The lowest BCUT2D eigenvalue weighted by Gasteiger charge is -2.13. The van der Waals surface area contributed by atoms with Gasteiger partial charge >= 0.3 is 0 Å². The number of carbonyl (C=O) groups is 1. The van der Waals surface area contributed by atoms with E-state index in [1.54, 1.807) is 25.1 Å². The van der Waals surface area contributed by atoms with Gasteiger partial charge in [-0.2, -0.15) is 0 Å². The first-order chi connectivity index (χ1) is 11.9. The van der Waals surface area contributed by atoms with Gasteiger partial charge in [-0.1, -0.05) is 41.6 Å². The zero-order chi connectivity index (χ0) is 18.0. The molecule has 0 radical (unpaired) electrons. The van der Waals surface area contributed by atoms with E-state index in [-0.39, 0.29) is 11.5 Å². The molecule has 25 heavy (non-hydrogen) atoms. The van der Waals surface area contributed by atoms with E-state index in [1.807, 2.05) is 38.1 Å². The minimum absolute atomic E-state index is 0.132. The lowest BCUT2D eigenvalue weighted by atomic mass is 10.1. The average molecular weight is 353 g/mol. The van der Waals surface area contributed by atoms with Gasteiger partial charge in [0.05, 0.1) is 16.2 Å². The Morgan fingerprint density at radius 2 is 1.96 bits per heavy atom. The third kappa shape index (κ3) is 3.91. The van der Waals surface area contributed by atoms with Crippen molar-refractivity contribution in [3.63, 3.8) is 0 Å². The maximum atomic E-state index is 12.5. The van der Waals surface area contributed by atoms with Gasteiger partial charge in [-0.3, -0.25) is 9.59 Å². The van der Waals surface area contributed by atoms with Crippen LogP contribution in [0.15, 0.2) is 52.4 Å². The van der Waals surface area contributed by atoms with Crippen molar-refractivity contribution in [2.75, 3.05) is 5.32 Å². The van der Waals surface area contributed by atoms with Crippen LogP contribution in [0.5, 0.6) is 0 Å². The lowest BCUT2D eigenvalue weighted by Crippen LogP contribution is -2.23. The standard InChI is InChI=1S/C19H19N3O2S/c1-11-8-9-15(12(2)10-11)20-17(23)13(3)25-19-21-16-7-5-4-6-14(16)18(24)22-19/h4-10,13H,1-3H3,(H,20,23)(H,21,22,24). The van der Waals surface area contributed by atoms with Gasteiger partial charge in [-0.25, -0.2) is 4.98 Å². The highest BCUT2D eigenvalue weighted by molar-refractivity contribution is 8.00. The van der Waals surface area contributed by atoms with Crippen LogP contribution >= 0.6 is 11.8 Å². The van der Waals surface area contributed by atoms with E-state index in [9.17, 15) is 9.59 Å². The normalized spacial score (nSPS) is 12.1. The predicted molar refractivity (Wildman–Crippen MR) is 102 cm³/mol. The van der Waals surface area contributed by atoms with E-state index < -0.39 is 5.25 Å². The topological polar surface area (TPSA) is 74.8 Å². The van der Waals surface area contributed by atoms with E-state index in [1.165, 1.54) is 11.8 Å². The van der Waals surface area contributed by atoms with E-state index in [0.29, 0.717) is 16.1 Å². The van der Waals surface area contributed by atoms with Crippen molar-refractivity contribution in [1.82, 2.24) is 9.97 Å². The summed E-state index contributed by atoms with van der Waals surface area (Å²) in [5, 5.41) is 3.51. The molecule has 1 atom stereocenters. The first-order valence-corrected chi connectivity index (χ1v) is 8.86. The Morgan fingerprint density at radius 3 is 2.72 bits per heavy atom. The summed E-state index contributed by atoms with van der Waals surface area (Å²) in [5.74, 6) is -0.132. The number of aromatic nitrogens is 2. The van der Waals surface area contributed by atoms with Crippen LogP contribution in [0.2, 0.25) is 0 Å². The van der Waals surface area contributed by atoms with Crippen LogP contribution in [-0.2, 0) is 4.79 Å². The van der Waals surface area contributed by atoms with Crippen LogP contribution < -0.4 is 10.9 Å². The lowest BCUT2D eigenvalue weighted by molar-refractivity contribution is -0.115. The fraction of sp³-hybridized carbons (Fsp3) is 0.211. The average Bonchev–Trinajstić information content (AvgIpc) is 2.57. The molecule has 5 nitrogen and oxygen atoms in total. The maximum Gasteiger partial charge on any atom is 0.259 e. The highest BCUT2D eigenvalue weighted by atomic mass is 32.2. The number of amides is 1. The van der Waals surface area contributed by atoms with Crippen molar-refractivity contribution in [1.29, 1.82) is 0 Å². The molecule has 1 unspecified atom stereocenters. The Hall–Kier alpha value is -2.60. The van der Waals surface area contributed by atoms with Crippen LogP contribution in [0, 0.1) is 13.8 Å². The van der Waals surface area contributed by atoms with E-state index in [2.05, 4.69) is 15.3 Å². The molecule has 0 aliphatic heterocycles. The molecule has 2 aromatic carbocycles. The molecule has 1 amide bonds. The van der Waals surface area contributed by atoms with Crippen molar-refractivity contribution >= 4 is 34.3 Å². The number of nitrogens with zero attached hydrogens (tertiary/aromatic N) is 1. The van der Waals surface area contributed by atoms with E-state index in [0.717, 1.165) is 16.8 Å². The predicted octanol–water partition coefficient (Wildman–Crippen LogP) is 3.66. The first-order valence-electron chi connectivity index (χ1n) is 7.98. The fourth-order valence-electron chi connectivity index (χ4n) is 2.53. The SMILES string of the molecule is Cc1ccc(NC(=O)C(C)Sc2nc3ccccc3c(=O)[nH]2)c(C)c1. The number of hydrogen-bond donors (Lipinski definition) is 2. The molecule has 0 fully saturated rings. The molecular weight excluding hydrogens is 334 g/mol. The molecule has 128 valence electrons. The molecular formula is C19H19N3O2S. The Balaban J connectivity index is 1.76. The molecule has 2 N–H and O–H groups in total. The number of H-pyrrole nitrogens is 1. The summed E-state index contributed by atoms with van der Waals surface area (Å²) in [6.45, 7) is 5.76. The van der Waals surface area contributed by atoms with Crippen molar-refractivity contribution < 1.29 is 4.79 Å². The molecule has 0 spiro atoms. The number of anilines is 1. The second-order valence-corrected chi connectivity index (χ2v) is 7.29. The monoisotopic (exact) mass is 353 g/mol. The van der Waals surface area contributed by atoms with Gasteiger partial charge in [0.25, 0.3) is 5.56 Å². The minimum atomic E-state index is -0.398. The summed E-state index contributed by atoms with van der Waals surface area (Å²) in [5.41, 5.74) is 3.38. The first kappa shape index (κ1) is 17.2. The zero-order valence-electron chi connectivity index (χ0n) is 14.3. The van der Waals surface area contributed by atoms with E-state index in [4.69, 9.17) is 0 Å². The highest BCUT2D eigenvalue weighted by Gasteiger charge is 2.17. The Bertz CT molecular complexity index is 997. The highest BCUT2D eigenvalue weighted by Crippen LogP contribution is 2.22. The molecule has 0 aliphatic carbocycles. The number of carbonyl (C=O) groups excluding carboxylic acids is 1. The zero-order valence-corrected chi connectivity index (χ0v) is 15.1. The third-order valence-corrected chi connectivity index (χ3v) is 4.87. The summed E-state index contributed by atoms with van der Waals surface area (Å²) >= 11 is 1.23. The summed E-state index contributed by atoms with van der Waals surface area (Å²) in [4.78, 5) is 31.7. The quantitative estimate of drug-likeness (QED) is 0.554. The largest absolute Gasteiger partial charge is 0.325 e. The number of nitrogens with one attached hydrogen (secondary N) is 2. The van der Waals surface area contributed by atoms with Gasteiger partial charge in [0.2, 0.25) is 5.91 Å². The van der Waals surface area contributed by atoms with Crippen molar-refractivity contribution in [3.8, 4) is 0 Å². The molecule has 1 aromatic heterocycles. The molecule has 3 rings (SSSR count). The summed E-state index contributed by atoms with van der Waals surface area (Å²) < 4.78 is 0. The Labute approximate surface area is 149 Å². The Kier molecular flexibility index (Phi) is 4.90. The van der Waals surface area contributed by atoms with Crippen molar-refractivity contribution in [3.05, 3.63) is 63.9 Å². The number of thioether (sulfide) groups is 1. The smallest absolute Gasteiger partial charge is 0.259 e. The number of para-hydroxylation sites is 1. The summed E-state index contributed by atoms with van der Waals surface area (Å²) in [6.07, 6.45) is 0. The maximum absolute atomic E-state index is 12.5. The van der Waals surface area contributed by atoms with Gasteiger partial charge in [-0.15, -0.1) is 0 Å². The number of aromatic amines is 1. The Morgan fingerprint density at radius 1 is 1.20 bits per heavy atom. The van der Waals surface area contributed by atoms with Crippen molar-refractivity contribution in [2.24, 2.45) is 0 Å². The van der Waals surface area contributed by atoms with Gasteiger partial charge in [-0.05, 0) is 44.5 Å². The summed E-state index contributed by atoms with van der Waals surface area (Å²) in [7, 11) is 0. The molecule has 1 heterocycles. The minimum Gasteiger partial charge on any atom is -0.325 e. The van der Waals surface area contributed by atoms with Crippen LogP contribution in [0.4, 0.5) is 5.69 Å². The summed E-state index contributed by atoms with van der Waals surface area (Å²) in [6, 6.07) is 13.0. The second kappa shape index (κ2) is 7.11. The number of hydrogen-bond acceptors (Lipinski definition) is 4. The van der Waals surface area contributed by atoms with Gasteiger partial charge in [0.1, 0.15) is 0 Å². The van der Waals surface area contributed by atoms with Gasteiger partial charge in [0, 0.05) is 5.69 Å². The van der Waals surface area contributed by atoms with Crippen LogP contribution in [0.25, 0.3) is 10.9 Å². The molecule has 0 aliphatic rings. The van der Waals surface area contributed by atoms with E-state index >= 15 is 0 Å². The number of aryl methyl sites for hydroxylation is 2. The van der Waals surface area contributed by atoms with Crippen molar-refractivity contribution in [2.45, 2.75) is 31.2 Å². The molecule has 0 saturated heterocycles. The third-order valence-electron chi connectivity index (χ3n) is 3.89. The van der Waals surface area contributed by atoms with Gasteiger partial charge < -0.3 is 10.3 Å². The number of fused-ring (bicyclic) bond motifs is 1. The fourth-order valence-corrected chi connectivity index (χ4v) is 3.33. The van der Waals surface area contributed by atoms with Crippen LogP contribution in [-0.4, -0.2) is 21.1 Å². The molecule has 3 aromatic rings. The van der Waals surface area contributed by atoms with Gasteiger partial charge in [0.15, 0.2) is 5.16 Å². The molecule has 6 heteroatoms. The number of benzene rings is 2.